The summed E-state index contributed by atoms with van der Waals surface area (Å²) in [5.74, 6) is 0.494. The lowest BCUT2D eigenvalue weighted by Gasteiger charge is -2.25. The SMILES string of the molecule is O=P([O-])(Oc1cccc2ccccc12)Oc1cccc2ccccc12. The van der Waals surface area contributed by atoms with Gasteiger partial charge in [-0.05, 0) is 22.9 Å². The first-order valence-electron chi connectivity index (χ1n) is 7.78. The summed E-state index contributed by atoms with van der Waals surface area (Å²) in [5.41, 5.74) is 0. The van der Waals surface area contributed by atoms with E-state index in [9.17, 15) is 9.46 Å². The van der Waals surface area contributed by atoms with Crippen molar-refractivity contribution in [3.8, 4) is 11.5 Å². The van der Waals surface area contributed by atoms with Crippen LogP contribution in [0.2, 0.25) is 0 Å². The maximum atomic E-state index is 12.4. The summed E-state index contributed by atoms with van der Waals surface area (Å²) in [5, 5.41) is 3.21. The van der Waals surface area contributed by atoms with E-state index < -0.39 is 7.82 Å². The van der Waals surface area contributed by atoms with Crippen molar-refractivity contribution in [3.05, 3.63) is 84.9 Å². The summed E-state index contributed by atoms with van der Waals surface area (Å²) in [4.78, 5) is 12.4. The van der Waals surface area contributed by atoms with Crippen molar-refractivity contribution in [2.24, 2.45) is 0 Å². The largest absolute Gasteiger partial charge is 0.736 e. The first kappa shape index (κ1) is 15.7. The number of fused-ring (bicyclic) bond motifs is 2. The summed E-state index contributed by atoms with van der Waals surface area (Å²) in [7, 11) is -4.60. The highest BCUT2D eigenvalue weighted by Crippen LogP contribution is 2.44. The molecule has 25 heavy (non-hydrogen) atoms. The standard InChI is InChI=1S/C20H15O4P/c21-25(22,23-19-13-5-9-15-7-1-3-11-17(15)19)24-20-14-6-10-16-8-2-4-12-18(16)20/h1-14H,(H,21,22)/p-1. The Labute approximate surface area is 144 Å². The average molecular weight is 349 g/mol. The molecule has 5 heteroatoms. The zero-order valence-electron chi connectivity index (χ0n) is 13.2. The van der Waals surface area contributed by atoms with E-state index >= 15 is 0 Å². The fourth-order valence-corrected chi connectivity index (χ4v) is 3.65. The second-order valence-corrected chi connectivity index (χ2v) is 6.84. The zero-order chi connectivity index (χ0) is 17.3. The van der Waals surface area contributed by atoms with Crippen LogP contribution in [0.3, 0.4) is 0 Å². The molecule has 0 heterocycles. The number of hydrogen-bond acceptors (Lipinski definition) is 4. The van der Waals surface area contributed by atoms with Crippen LogP contribution in [0.1, 0.15) is 0 Å². The van der Waals surface area contributed by atoms with Crippen LogP contribution in [0, 0.1) is 0 Å². The van der Waals surface area contributed by atoms with Crippen molar-refractivity contribution in [2.75, 3.05) is 0 Å². The molecule has 0 bridgehead atoms. The fourth-order valence-electron chi connectivity index (χ4n) is 2.81. The monoisotopic (exact) mass is 349 g/mol. The third-order valence-electron chi connectivity index (χ3n) is 3.92. The van der Waals surface area contributed by atoms with Gasteiger partial charge in [-0.3, -0.25) is 0 Å². The second-order valence-electron chi connectivity index (χ2n) is 5.58. The highest BCUT2D eigenvalue weighted by molar-refractivity contribution is 7.46. The van der Waals surface area contributed by atoms with E-state index in [1.807, 2.05) is 60.7 Å². The summed E-state index contributed by atoms with van der Waals surface area (Å²) in [6.45, 7) is 0. The Kier molecular flexibility index (Phi) is 3.92. The average Bonchev–Trinajstić information content (AvgIpc) is 2.62. The predicted molar refractivity (Wildman–Crippen MR) is 96.8 cm³/mol. The molecule has 0 aliphatic heterocycles. The molecule has 0 spiro atoms. The Morgan fingerprint density at radius 1 is 0.600 bits per heavy atom. The van der Waals surface area contributed by atoms with E-state index in [-0.39, 0.29) is 11.5 Å². The summed E-state index contributed by atoms with van der Waals surface area (Å²) < 4.78 is 22.9. The number of rotatable bonds is 4. The lowest BCUT2D eigenvalue weighted by atomic mass is 10.1. The molecule has 4 aromatic rings. The molecule has 0 radical (unpaired) electrons. The van der Waals surface area contributed by atoms with E-state index in [0.717, 1.165) is 10.8 Å². The van der Waals surface area contributed by atoms with Gasteiger partial charge >= 0.3 is 7.82 Å². The van der Waals surface area contributed by atoms with Gasteiger partial charge in [0.2, 0.25) is 0 Å². The molecular weight excluding hydrogens is 335 g/mol. The maximum Gasteiger partial charge on any atom is 0.372 e. The van der Waals surface area contributed by atoms with Crippen molar-refractivity contribution >= 4 is 29.4 Å². The van der Waals surface area contributed by atoms with Crippen LogP contribution >= 0.6 is 7.82 Å². The molecule has 4 nitrogen and oxygen atoms in total. The van der Waals surface area contributed by atoms with Crippen LogP contribution in [0.5, 0.6) is 11.5 Å². The van der Waals surface area contributed by atoms with Crippen molar-refractivity contribution in [2.45, 2.75) is 0 Å². The minimum absolute atomic E-state index is 0.247. The van der Waals surface area contributed by atoms with E-state index in [2.05, 4.69) is 0 Å². The highest BCUT2D eigenvalue weighted by atomic mass is 31.2. The quantitative estimate of drug-likeness (QED) is 0.491. The molecule has 4 rings (SSSR count). The summed E-state index contributed by atoms with van der Waals surface area (Å²) >= 11 is 0. The number of phosphoric ester groups is 1. The highest BCUT2D eigenvalue weighted by Gasteiger charge is 2.16. The molecule has 4 aromatic carbocycles. The van der Waals surface area contributed by atoms with Gasteiger partial charge in [0.15, 0.2) is 0 Å². The third-order valence-corrected chi connectivity index (χ3v) is 4.76. The normalized spacial score (nSPS) is 11.6. The van der Waals surface area contributed by atoms with Crippen LogP contribution in [-0.4, -0.2) is 0 Å². The Hall–Kier alpha value is -2.81. The lowest BCUT2D eigenvalue weighted by Crippen LogP contribution is -2.13. The minimum Gasteiger partial charge on any atom is -0.736 e. The van der Waals surface area contributed by atoms with Gasteiger partial charge < -0.3 is 13.9 Å². The Morgan fingerprint density at radius 3 is 1.48 bits per heavy atom. The number of benzene rings is 4. The Balaban J connectivity index is 1.69. The lowest BCUT2D eigenvalue weighted by molar-refractivity contribution is -0.208. The Bertz CT molecular complexity index is 1010. The predicted octanol–water partition coefficient (Wildman–Crippen LogP) is 4.92. The molecule has 0 saturated carbocycles. The first-order valence-corrected chi connectivity index (χ1v) is 9.24. The van der Waals surface area contributed by atoms with Gasteiger partial charge in [-0.25, -0.2) is 4.57 Å². The molecule has 0 saturated heterocycles. The van der Waals surface area contributed by atoms with Gasteiger partial charge in [-0.2, -0.15) is 0 Å². The van der Waals surface area contributed by atoms with E-state index in [4.69, 9.17) is 9.05 Å². The molecule has 0 aliphatic rings. The molecule has 0 aliphatic carbocycles. The van der Waals surface area contributed by atoms with Crippen molar-refractivity contribution in [3.63, 3.8) is 0 Å². The van der Waals surface area contributed by atoms with Crippen molar-refractivity contribution in [1.82, 2.24) is 0 Å². The van der Waals surface area contributed by atoms with Crippen LogP contribution < -0.4 is 13.9 Å². The van der Waals surface area contributed by atoms with Crippen LogP contribution in [0.4, 0.5) is 0 Å². The van der Waals surface area contributed by atoms with Gasteiger partial charge in [-0.1, -0.05) is 72.8 Å². The molecular formula is C20H14O4P-. The van der Waals surface area contributed by atoms with Gasteiger partial charge in [0, 0.05) is 10.8 Å². The first-order chi connectivity index (χ1) is 12.1. The molecule has 124 valence electrons. The topological polar surface area (TPSA) is 58.6 Å². The molecule has 0 unspecified atom stereocenters. The van der Waals surface area contributed by atoms with Gasteiger partial charge in [0.1, 0.15) is 11.5 Å². The molecule has 0 amide bonds. The van der Waals surface area contributed by atoms with Crippen LogP contribution in [-0.2, 0) is 4.57 Å². The zero-order valence-corrected chi connectivity index (χ0v) is 14.1. The smallest absolute Gasteiger partial charge is 0.372 e. The van der Waals surface area contributed by atoms with Crippen molar-refractivity contribution in [1.29, 1.82) is 0 Å². The van der Waals surface area contributed by atoms with E-state index in [1.165, 1.54) is 0 Å². The number of hydrogen-bond donors (Lipinski definition) is 0. The summed E-state index contributed by atoms with van der Waals surface area (Å²) in [6.07, 6.45) is 0. The van der Waals surface area contributed by atoms with Gasteiger partial charge in [-0.15, -0.1) is 0 Å². The summed E-state index contributed by atoms with van der Waals surface area (Å²) in [6, 6.07) is 25.3. The van der Waals surface area contributed by atoms with Crippen LogP contribution in [0.25, 0.3) is 21.5 Å². The second kappa shape index (κ2) is 6.25. The van der Waals surface area contributed by atoms with Crippen molar-refractivity contribution < 1.29 is 18.5 Å². The van der Waals surface area contributed by atoms with E-state index in [0.29, 0.717) is 10.8 Å². The number of phosphoric acid groups is 1. The molecule has 0 N–H and O–H groups in total. The van der Waals surface area contributed by atoms with Gasteiger partial charge in [0.25, 0.3) is 0 Å². The molecule has 0 aromatic heterocycles. The molecule has 0 fully saturated rings. The van der Waals surface area contributed by atoms with Gasteiger partial charge in [0.05, 0.1) is 0 Å². The van der Waals surface area contributed by atoms with Crippen LogP contribution in [0.15, 0.2) is 84.9 Å². The fraction of sp³-hybridized carbons (Fsp3) is 0. The Morgan fingerprint density at radius 2 is 1.00 bits per heavy atom. The molecule has 0 atom stereocenters. The maximum absolute atomic E-state index is 12.4. The minimum atomic E-state index is -4.60. The van der Waals surface area contributed by atoms with E-state index in [1.54, 1.807) is 24.3 Å². The third kappa shape index (κ3) is 3.22.